The van der Waals surface area contributed by atoms with Crippen molar-refractivity contribution >= 4 is 23.5 Å². The van der Waals surface area contributed by atoms with Gasteiger partial charge >= 0.3 is 5.97 Å². The van der Waals surface area contributed by atoms with Crippen molar-refractivity contribution in [2.75, 3.05) is 6.54 Å². The molecule has 0 aliphatic heterocycles. The van der Waals surface area contributed by atoms with E-state index in [-0.39, 0.29) is 6.54 Å². The molecule has 0 unspecified atom stereocenters. The van der Waals surface area contributed by atoms with Gasteiger partial charge in [-0.15, -0.1) is 0 Å². The minimum absolute atomic E-state index is 0.0296. The predicted molar refractivity (Wildman–Crippen MR) is 69.8 cm³/mol. The van der Waals surface area contributed by atoms with Gasteiger partial charge in [-0.05, 0) is 32.9 Å². The van der Waals surface area contributed by atoms with E-state index < -0.39 is 39.6 Å². The molecule has 1 aromatic rings. The molecule has 0 aliphatic rings. The van der Waals surface area contributed by atoms with Crippen LogP contribution >= 0.6 is 11.6 Å². The lowest BCUT2D eigenvalue weighted by Gasteiger charge is -2.34. The second kappa shape index (κ2) is 5.75. The van der Waals surface area contributed by atoms with Crippen molar-refractivity contribution in [2.45, 2.75) is 26.3 Å². The number of benzene rings is 1. The number of amides is 1. The number of carbonyl (C=O) groups is 2. The highest BCUT2D eigenvalue weighted by Crippen LogP contribution is 2.23. The molecule has 0 heterocycles. The van der Waals surface area contributed by atoms with Gasteiger partial charge in [-0.2, -0.15) is 0 Å². The number of carbonyl (C=O) groups excluding carboxylic acids is 1. The molecule has 0 fully saturated rings. The van der Waals surface area contributed by atoms with E-state index >= 15 is 0 Å². The van der Waals surface area contributed by atoms with E-state index in [1.807, 2.05) is 0 Å². The molecular weight excluding hydrogens is 292 g/mol. The Kier molecular flexibility index (Phi) is 4.70. The van der Waals surface area contributed by atoms with Crippen molar-refractivity contribution in [1.29, 1.82) is 0 Å². The Hall–Kier alpha value is -1.69. The predicted octanol–water partition coefficient (Wildman–Crippen LogP) is 2.94. The molecule has 1 aromatic carbocycles. The lowest BCUT2D eigenvalue weighted by Crippen LogP contribution is -2.53. The molecule has 1 rings (SSSR count). The summed E-state index contributed by atoms with van der Waals surface area (Å²) in [5, 5.41) is 8.68. The van der Waals surface area contributed by atoms with Crippen LogP contribution in [-0.2, 0) is 4.79 Å². The summed E-state index contributed by atoms with van der Waals surface area (Å²) >= 11 is 5.41. The van der Waals surface area contributed by atoms with Gasteiger partial charge in [0, 0.05) is 6.54 Å². The quantitative estimate of drug-likeness (QED) is 0.870. The van der Waals surface area contributed by atoms with E-state index in [0.29, 0.717) is 12.1 Å². The first kappa shape index (κ1) is 16.4. The third-order valence-electron chi connectivity index (χ3n) is 3.00. The molecule has 0 radical (unpaired) electrons. The summed E-state index contributed by atoms with van der Waals surface area (Å²) in [7, 11) is 0. The zero-order chi connectivity index (χ0) is 15.7. The van der Waals surface area contributed by atoms with Gasteiger partial charge in [-0.1, -0.05) is 11.6 Å². The van der Waals surface area contributed by atoms with Crippen LogP contribution in [0.4, 0.5) is 8.78 Å². The normalized spacial score (nSPS) is 11.3. The maximum absolute atomic E-state index is 13.7. The van der Waals surface area contributed by atoms with Gasteiger partial charge in [-0.3, -0.25) is 4.79 Å². The number of carboxylic acids is 1. The number of carboxylic acid groups (broad SMARTS) is 1. The summed E-state index contributed by atoms with van der Waals surface area (Å²) in [5.41, 5.74) is -2.10. The van der Waals surface area contributed by atoms with Gasteiger partial charge in [0.25, 0.3) is 5.91 Å². The summed E-state index contributed by atoms with van der Waals surface area (Å²) < 4.78 is 27.1. The second-order valence-electron chi connectivity index (χ2n) is 4.66. The lowest BCUT2D eigenvalue weighted by atomic mass is 10.0. The average molecular weight is 306 g/mol. The minimum Gasteiger partial charge on any atom is -0.480 e. The van der Waals surface area contributed by atoms with Crippen molar-refractivity contribution in [3.05, 3.63) is 34.4 Å². The number of aliphatic carboxylic acids is 1. The summed E-state index contributed by atoms with van der Waals surface area (Å²) in [4.78, 5) is 24.4. The van der Waals surface area contributed by atoms with Gasteiger partial charge in [0.1, 0.15) is 17.2 Å². The summed E-state index contributed by atoms with van der Waals surface area (Å²) in [5.74, 6) is -4.10. The Labute approximate surface area is 119 Å². The van der Waals surface area contributed by atoms with Crippen LogP contribution in [0.15, 0.2) is 12.1 Å². The number of rotatable bonds is 4. The molecule has 0 saturated heterocycles. The second-order valence-corrected chi connectivity index (χ2v) is 5.07. The molecule has 0 bridgehead atoms. The largest absolute Gasteiger partial charge is 0.480 e. The van der Waals surface area contributed by atoms with Crippen LogP contribution in [0.2, 0.25) is 5.02 Å². The van der Waals surface area contributed by atoms with Crippen LogP contribution in [0.1, 0.15) is 31.1 Å². The van der Waals surface area contributed by atoms with Gasteiger partial charge in [0.2, 0.25) is 0 Å². The smallest absolute Gasteiger partial charge is 0.329 e. The maximum atomic E-state index is 13.7. The monoisotopic (exact) mass is 305 g/mol. The van der Waals surface area contributed by atoms with E-state index in [2.05, 4.69) is 0 Å². The number of hydrogen-bond donors (Lipinski definition) is 1. The first-order chi connectivity index (χ1) is 9.12. The standard InChI is InChI=1S/C13H14ClF2NO3/c1-4-17(13(2,3)12(19)20)11(18)7-5-10(16)8(14)6-9(7)15/h5-6H,4H2,1-3H3,(H,19,20). The fourth-order valence-corrected chi connectivity index (χ4v) is 1.89. The third-order valence-corrected chi connectivity index (χ3v) is 3.29. The van der Waals surface area contributed by atoms with Gasteiger partial charge in [0.15, 0.2) is 0 Å². The molecule has 0 spiro atoms. The van der Waals surface area contributed by atoms with Crippen LogP contribution in [0.3, 0.4) is 0 Å². The van der Waals surface area contributed by atoms with E-state index in [1.165, 1.54) is 13.8 Å². The number of halogens is 3. The van der Waals surface area contributed by atoms with Crippen molar-refractivity contribution in [1.82, 2.24) is 4.90 Å². The number of nitrogens with zero attached hydrogens (tertiary/aromatic N) is 1. The molecule has 0 aliphatic carbocycles. The Morgan fingerprint density at radius 3 is 2.30 bits per heavy atom. The third kappa shape index (κ3) is 2.90. The van der Waals surface area contributed by atoms with E-state index in [9.17, 15) is 18.4 Å². The zero-order valence-corrected chi connectivity index (χ0v) is 12.0. The number of hydrogen-bond acceptors (Lipinski definition) is 2. The van der Waals surface area contributed by atoms with Crippen molar-refractivity contribution in [2.24, 2.45) is 0 Å². The first-order valence-corrected chi connectivity index (χ1v) is 6.20. The van der Waals surface area contributed by atoms with Gasteiger partial charge < -0.3 is 10.0 Å². The van der Waals surface area contributed by atoms with Crippen molar-refractivity contribution in [3.63, 3.8) is 0 Å². The fourth-order valence-electron chi connectivity index (χ4n) is 1.74. The number of likely N-dealkylation sites (N-methyl/N-ethyl adjacent to an activating group) is 1. The summed E-state index contributed by atoms with van der Waals surface area (Å²) in [6.45, 7) is 4.19. The van der Waals surface area contributed by atoms with Gasteiger partial charge in [0.05, 0.1) is 10.6 Å². The zero-order valence-electron chi connectivity index (χ0n) is 11.2. The summed E-state index contributed by atoms with van der Waals surface area (Å²) in [6, 6.07) is 1.35. The molecule has 20 heavy (non-hydrogen) atoms. The van der Waals surface area contributed by atoms with Crippen LogP contribution in [-0.4, -0.2) is 34.0 Å². The Balaban J connectivity index is 3.29. The maximum Gasteiger partial charge on any atom is 0.329 e. The highest BCUT2D eigenvalue weighted by atomic mass is 35.5. The molecule has 110 valence electrons. The average Bonchev–Trinajstić information content (AvgIpc) is 2.33. The first-order valence-electron chi connectivity index (χ1n) is 5.82. The molecule has 7 heteroatoms. The SMILES string of the molecule is CCN(C(=O)c1cc(F)c(Cl)cc1F)C(C)(C)C(=O)O. The fraction of sp³-hybridized carbons (Fsp3) is 0.385. The Morgan fingerprint density at radius 1 is 1.30 bits per heavy atom. The van der Waals surface area contributed by atoms with Gasteiger partial charge in [-0.25, -0.2) is 13.6 Å². The molecule has 0 aromatic heterocycles. The van der Waals surface area contributed by atoms with E-state index in [1.54, 1.807) is 6.92 Å². The molecule has 4 nitrogen and oxygen atoms in total. The van der Waals surface area contributed by atoms with Crippen LogP contribution in [0.5, 0.6) is 0 Å². The van der Waals surface area contributed by atoms with E-state index in [0.717, 1.165) is 4.90 Å². The highest BCUT2D eigenvalue weighted by molar-refractivity contribution is 6.30. The van der Waals surface area contributed by atoms with Crippen LogP contribution < -0.4 is 0 Å². The molecule has 0 atom stereocenters. The molecule has 1 N–H and O–H groups in total. The highest BCUT2D eigenvalue weighted by Gasteiger charge is 2.38. The van der Waals surface area contributed by atoms with Crippen molar-refractivity contribution in [3.8, 4) is 0 Å². The Bertz CT molecular complexity index is 561. The van der Waals surface area contributed by atoms with Crippen molar-refractivity contribution < 1.29 is 23.5 Å². The lowest BCUT2D eigenvalue weighted by molar-refractivity contribution is -0.147. The van der Waals surface area contributed by atoms with Crippen LogP contribution in [0.25, 0.3) is 0 Å². The Morgan fingerprint density at radius 2 is 1.85 bits per heavy atom. The van der Waals surface area contributed by atoms with Crippen LogP contribution in [0, 0.1) is 11.6 Å². The minimum atomic E-state index is -1.55. The molecular formula is C13H14ClF2NO3. The van der Waals surface area contributed by atoms with E-state index in [4.69, 9.17) is 16.7 Å². The topological polar surface area (TPSA) is 57.6 Å². The summed E-state index contributed by atoms with van der Waals surface area (Å²) in [6.07, 6.45) is 0. The molecule has 0 saturated carbocycles. The molecule has 1 amide bonds.